The maximum Gasteiger partial charge on any atom is 0.113 e. The first-order chi connectivity index (χ1) is 7.98. The maximum atomic E-state index is 9.75. The number of aliphatic hydroxyl groups excluding tert-OH is 1. The van der Waals surface area contributed by atoms with Gasteiger partial charge in [-0.1, -0.05) is 37.6 Å². The highest BCUT2D eigenvalue weighted by atomic mass is 16.5. The molecule has 94 valence electrons. The van der Waals surface area contributed by atoms with Crippen LogP contribution in [0.5, 0.6) is 0 Å². The predicted octanol–water partition coefficient (Wildman–Crippen LogP) is 2.68. The summed E-state index contributed by atoms with van der Waals surface area (Å²) in [6.45, 7) is 6.94. The third-order valence-electron chi connectivity index (χ3n) is 5.01. The van der Waals surface area contributed by atoms with E-state index in [4.69, 9.17) is 4.74 Å². The van der Waals surface area contributed by atoms with Crippen LogP contribution in [0.15, 0.2) is 23.8 Å². The highest BCUT2D eigenvalue weighted by Crippen LogP contribution is 2.63. The lowest BCUT2D eigenvalue weighted by Gasteiger charge is -2.51. The van der Waals surface area contributed by atoms with Crippen molar-refractivity contribution in [3.05, 3.63) is 23.8 Å². The largest absolute Gasteiger partial charge is 0.393 e. The van der Waals surface area contributed by atoms with Gasteiger partial charge in [0.2, 0.25) is 0 Å². The van der Waals surface area contributed by atoms with Crippen LogP contribution in [0.3, 0.4) is 0 Å². The second kappa shape index (κ2) is 3.46. The molecule has 0 radical (unpaired) electrons. The van der Waals surface area contributed by atoms with E-state index in [2.05, 4.69) is 39.0 Å². The van der Waals surface area contributed by atoms with Crippen LogP contribution in [-0.4, -0.2) is 23.4 Å². The molecule has 17 heavy (non-hydrogen) atoms. The van der Waals surface area contributed by atoms with Crippen LogP contribution in [0.1, 0.15) is 33.6 Å². The molecule has 0 aromatic carbocycles. The van der Waals surface area contributed by atoms with Gasteiger partial charge in [0.25, 0.3) is 0 Å². The first kappa shape index (κ1) is 11.5. The standard InChI is InChI=1S/C15H22O2/c1-10-5-4-6-15(9-16)11-8-14(2,3)13(11)12(7-10)17-15/h4-6,11-13,16H,7-9H2,1-3H3/b6-4+,10-5-/t11?,12-,13?,15?/m0/s1. The molecule has 0 spiro atoms. The van der Waals surface area contributed by atoms with Crippen LogP contribution in [0, 0.1) is 17.3 Å². The minimum Gasteiger partial charge on any atom is -0.393 e. The number of hydrogen-bond acceptors (Lipinski definition) is 2. The number of ether oxygens (including phenoxy) is 1. The van der Waals surface area contributed by atoms with Crippen molar-refractivity contribution in [3.63, 3.8) is 0 Å². The fraction of sp³-hybridized carbons (Fsp3) is 0.733. The molecule has 1 saturated heterocycles. The van der Waals surface area contributed by atoms with E-state index in [-0.39, 0.29) is 12.7 Å². The van der Waals surface area contributed by atoms with E-state index in [0.717, 1.165) is 12.8 Å². The van der Waals surface area contributed by atoms with Crippen LogP contribution in [0.2, 0.25) is 0 Å². The van der Waals surface area contributed by atoms with Gasteiger partial charge in [0.05, 0.1) is 12.7 Å². The van der Waals surface area contributed by atoms with E-state index < -0.39 is 5.60 Å². The summed E-state index contributed by atoms with van der Waals surface area (Å²) in [6.07, 6.45) is 8.78. The molecule has 1 saturated carbocycles. The third kappa shape index (κ3) is 1.47. The van der Waals surface area contributed by atoms with Gasteiger partial charge < -0.3 is 9.84 Å². The monoisotopic (exact) mass is 234 g/mol. The van der Waals surface area contributed by atoms with Crippen molar-refractivity contribution in [3.8, 4) is 0 Å². The lowest BCUT2D eigenvalue weighted by Crippen LogP contribution is -2.52. The van der Waals surface area contributed by atoms with Gasteiger partial charge in [0, 0.05) is 5.92 Å². The minimum atomic E-state index is -0.401. The summed E-state index contributed by atoms with van der Waals surface area (Å²) in [7, 11) is 0. The zero-order chi connectivity index (χ0) is 12.3. The summed E-state index contributed by atoms with van der Waals surface area (Å²) in [6, 6.07) is 0. The van der Waals surface area contributed by atoms with E-state index in [9.17, 15) is 5.11 Å². The molecular weight excluding hydrogens is 212 g/mol. The van der Waals surface area contributed by atoms with E-state index in [1.807, 2.05) is 0 Å². The van der Waals surface area contributed by atoms with Crippen LogP contribution >= 0.6 is 0 Å². The van der Waals surface area contributed by atoms with Crippen molar-refractivity contribution in [2.24, 2.45) is 17.3 Å². The van der Waals surface area contributed by atoms with E-state index in [1.54, 1.807) is 0 Å². The molecule has 2 bridgehead atoms. The van der Waals surface area contributed by atoms with Gasteiger partial charge in [-0.05, 0) is 31.1 Å². The lowest BCUT2D eigenvalue weighted by atomic mass is 9.51. The first-order valence-electron chi connectivity index (χ1n) is 6.62. The van der Waals surface area contributed by atoms with Gasteiger partial charge in [0.1, 0.15) is 5.60 Å². The highest BCUT2D eigenvalue weighted by Gasteiger charge is 2.64. The second-order valence-electron chi connectivity index (χ2n) is 6.67. The van der Waals surface area contributed by atoms with Gasteiger partial charge in [-0.15, -0.1) is 0 Å². The van der Waals surface area contributed by atoms with Crippen LogP contribution < -0.4 is 0 Å². The van der Waals surface area contributed by atoms with E-state index in [1.165, 1.54) is 5.57 Å². The maximum absolute atomic E-state index is 9.75. The van der Waals surface area contributed by atoms with Crippen molar-refractivity contribution >= 4 is 0 Å². The molecule has 1 aliphatic carbocycles. The smallest absolute Gasteiger partial charge is 0.113 e. The second-order valence-corrected chi connectivity index (χ2v) is 6.67. The summed E-state index contributed by atoms with van der Waals surface area (Å²) in [5, 5.41) is 9.75. The number of hydrogen-bond donors (Lipinski definition) is 1. The normalized spacial score (nSPS) is 51.5. The van der Waals surface area contributed by atoms with Gasteiger partial charge >= 0.3 is 0 Å². The molecule has 4 atom stereocenters. The van der Waals surface area contributed by atoms with Crippen molar-refractivity contribution in [2.45, 2.75) is 45.3 Å². The fourth-order valence-electron chi connectivity index (χ4n) is 4.19. The Morgan fingerprint density at radius 3 is 2.88 bits per heavy atom. The highest BCUT2D eigenvalue weighted by molar-refractivity contribution is 5.26. The Kier molecular flexibility index (Phi) is 2.34. The van der Waals surface area contributed by atoms with Crippen molar-refractivity contribution in [1.29, 1.82) is 0 Å². The summed E-state index contributed by atoms with van der Waals surface area (Å²) in [4.78, 5) is 0. The Morgan fingerprint density at radius 1 is 1.47 bits per heavy atom. The first-order valence-corrected chi connectivity index (χ1v) is 6.62. The Morgan fingerprint density at radius 2 is 2.24 bits per heavy atom. The van der Waals surface area contributed by atoms with Gasteiger partial charge in [-0.3, -0.25) is 0 Å². The van der Waals surface area contributed by atoms with Crippen LogP contribution in [0.4, 0.5) is 0 Å². The molecule has 0 amide bonds. The molecule has 3 unspecified atom stereocenters. The lowest BCUT2D eigenvalue weighted by molar-refractivity contribution is -0.0608. The molecule has 0 aromatic heterocycles. The van der Waals surface area contributed by atoms with Gasteiger partial charge in [-0.2, -0.15) is 0 Å². The van der Waals surface area contributed by atoms with Crippen molar-refractivity contribution < 1.29 is 9.84 Å². The average Bonchev–Trinajstić information content (AvgIpc) is 2.48. The van der Waals surface area contributed by atoms with E-state index in [0.29, 0.717) is 17.3 Å². The van der Waals surface area contributed by atoms with Crippen molar-refractivity contribution in [1.82, 2.24) is 0 Å². The Balaban J connectivity index is 2.01. The summed E-state index contributed by atoms with van der Waals surface area (Å²) < 4.78 is 6.25. The SMILES string of the molecule is C/C1=C/C=C/C2(CO)O[C@@H](C1)C1C2CC1(C)C. The Hall–Kier alpha value is -0.600. The third-order valence-corrected chi connectivity index (χ3v) is 5.01. The Bertz CT molecular complexity index is 394. The average molecular weight is 234 g/mol. The summed E-state index contributed by atoms with van der Waals surface area (Å²) >= 11 is 0. The van der Waals surface area contributed by atoms with E-state index >= 15 is 0 Å². The molecule has 2 aliphatic heterocycles. The van der Waals surface area contributed by atoms with Crippen molar-refractivity contribution in [2.75, 3.05) is 6.61 Å². The Labute approximate surface area is 103 Å². The van der Waals surface area contributed by atoms with Gasteiger partial charge in [0.15, 0.2) is 0 Å². The number of allylic oxidation sites excluding steroid dienone is 2. The van der Waals surface area contributed by atoms with Crippen LogP contribution in [0.25, 0.3) is 0 Å². The zero-order valence-corrected chi connectivity index (χ0v) is 10.9. The molecule has 2 fully saturated rings. The zero-order valence-electron chi connectivity index (χ0n) is 10.9. The molecule has 1 N–H and O–H groups in total. The van der Waals surface area contributed by atoms with Gasteiger partial charge in [-0.25, -0.2) is 0 Å². The quantitative estimate of drug-likeness (QED) is 0.756. The van der Waals surface area contributed by atoms with Crippen LogP contribution in [-0.2, 0) is 4.74 Å². The fourth-order valence-corrected chi connectivity index (χ4v) is 4.19. The molecular formula is C15H22O2. The summed E-state index contributed by atoms with van der Waals surface area (Å²) in [5.41, 5.74) is 1.34. The molecule has 3 aliphatic rings. The molecule has 2 heterocycles. The number of aliphatic hydroxyl groups is 1. The molecule has 2 nitrogen and oxygen atoms in total. The molecule has 3 rings (SSSR count). The molecule has 0 aromatic rings. The minimum absolute atomic E-state index is 0.115. The number of rotatable bonds is 1. The number of fused-ring (bicyclic) bond motifs is 5. The summed E-state index contributed by atoms with van der Waals surface area (Å²) in [5.74, 6) is 1.10. The predicted molar refractivity (Wildman–Crippen MR) is 67.6 cm³/mol. The topological polar surface area (TPSA) is 29.5 Å². The molecule has 2 heteroatoms.